The quantitative estimate of drug-likeness (QED) is 0.652. The number of imidazole rings is 1. The van der Waals surface area contributed by atoms with Gasteiger partial charge < -0.3 is 0 Å². The molecule has 1 aromatic rings. The van der Waals surface area contributed by atoms with Crippen molar-refractivity contribution in [1.29, 1.82) is 0 Å². The van der Waals surface area contributed by atoms with Crippen molar-refractivity contribution < 1.29 is 0 Å². The molecule has 0 aromatic carbocycles. The van der Waals surface area contributed by atoms with Crippen LogP contribution < -0.4 is 5.69 Å². The lowest BCUT2D eigenvalue weighted by molar-refractivity contribution is 0.560. The molecule has 0 N–H and O–H groups in total. The van der Waals surface area contributed by atoms with Crippen molar-refractivity contribution in [2.75, 3.05) is 0 Å². The smallest absolute Gasteiger partial charge is 0.297 e. The summed E-state index contributed by atoms with van der Waals surface area (Å²) in [6.07, 6.45) is 3.62. The Morgan fingerprint density at radius 1 is 1.54 bits per heavy atom. The lowest BCUT2D eigenvalue weighted by Crippen LogP contribution is -2.25. The van der Waals surface area contributed by atoms with Gasteiger partial charge >= 0.3 is 5.69 Å². The first-order valence-electron chi connectivity index (χ1n) is 4.44. The van der Waals surface area contributed by atoms with E-state index in [4.69, 9.17) is 0 Å². The molecule has 13 heavy (non-hydrogen) atoms. The van der Waals surface area contributed by atoms with Crippen LogP contribution in [0.2, 0.25) is 0 Å². The van der Waals surface area contributed by atoms with Gasteiger partial charge in [0, 0.05) is 25.0 Å². The molecule has 0 aliphatic carbocycles. The van der Waals surface area contributed by atoms with Gasteiger partial charge in [-0.3, -0.25) is 9.13 Å². The fraction of sp³-hybridized carbons (Fsp3) is 0.500. The minimum absolute atomic E-state index is 0.0398. The molecule has 0 spiro atoms. The number of allylic oxidation sites excluding steroid dienone is 1. The summed E-state index contributed by atoms with van der Waals surface area (Å²) >= 11 is 0. The minimum atomic E-state index is 0.0398. The largest absolute Gasteiger partial charge is 0.328 e. The fourth-order valence-corrected chi connectivity index (χ4v) is 1.23. The third-order valence-electron chi connectivity index (χ3n) is 1.87. The number of hydrogen-bond acceptors (Lipinski definition) is 1. The van der Waals surface area contributed by atoms with Crippen LogP contribution in [0, 0.1) is 0 Å². The van der Waals surface area contributed by atoms with E-state index in [2.05, 4.69) is 6.58 Å². The molecule has 1 heterocycles. The van der Waals surface area contributed by atoms with Crippen LogP contribution in [-0.4, -0.2) is 9.13 Å². The van der Waals surface area contributed by atoms with Gasteiger partial charge in [0.15, 0.2) is 0 Å². The van der Waals surface area contributed by atoms with Gasteiger partial charge in [-0.05, 0) is 20.8 Å². The van der Waals surface area contributed by atoms with E-state index < -0.39 is 0 Å². The average molecular weight is 180 g/mol. The van der Waals surface area contributed by atoms with Crippen LogP contribution in [0.5, 0.6) is 0 Å². The zero-order chi connectivity index (χ0) is 10.0. The molecule has 0 aliphatic heterocycles. The van der Waals surface area contributed by atoms with Gasteiger partial charge in [-0.25, -0.2) is 4.79 Å². The third kappa shape index (κ3) is 2.11. The van der Waals surface area contributed by atoms with Crippen LogP contribution in [0.3, 0.4) is 0 Å². The molecule has 1 aromatic heterocycles. The SMILES string of the molecule is C=C(C)Cn1ccn(C(C)C)c1=O. The lowest BCUT2D eigenvalue weighted by Gasteiger charge is -2.04. The van der Waals surface area contributed by atoms with Gasteiger partial charge in [0.05, 0.1) is 0 Å². The summed E-state index contributed by atoms with van der Waals surface area (Å²) < 4.78 is 3.38. The molecule has 0 saturated heterocycles. The van der Waals surface area contributed by atoms with Crippen molar-refractivity contribution in [1.82, 2.24) is 9.13 Å². The fourth-order valence-electron chi connectivity index (χ4n) is 1.23. The Morgan fingerprint density at radius 3 is 2.54 bits per heavy atom. The van der Waals surface area contributed by atoms with E-state index in [9.17, 15) is 4.79 Å². The maximum Gasteiger partial charge on any atom is 0.328 e. The highest BCUT2D eigenvalue weighted by Gasteiger charge is 2.04. The van der Waals surface area contributed by atoms with Crippen molar-refractivity contribution in [3.8, 4) is 0 Å². The molecule has 0 bridgehead atoms. The molecule has 0 radical (unpaired) electrons. The first-order valence-corrected chi connectivity index (χ1v) is 4.44. The lowest BCUT2D eigenvalue weighted by atomic mass is 10.3. The second-order valence-corrected chi connectivity index (χ2v) is 3.67. The summed E-state index contributed by atoms with van der Waals surface area (Å²) in [6.45, 7) is 10.3. The molecular weight excluding hydrogens is 164 g/mol. The van der Waals surface area contributed by atoms with Gasteiger partial charge in [0.25, 0.3) is 0 Å². The maximum atomic E-state index is 11.6. The minimum Gasteiger partial charge on any atom is -0.297 e. The van der Waals surface area contributed by atoms with Gasteiger partial charge in [-0.15, -0.1) is 0 Å². The van der Waals surface area contributed by atoms with Gasteiger partial charge in [-0.2, -0.15) is 0 Å². The third-order valence-corrected chi connectivity index (χ3v) is 1.87. The van der Waals surface area contributed by atoms with Crippen molar-refractivity contribution in [2.45, 2.75) is 33.4 Å². The number of rotatable bonds is 3. The van der Waals surface area contributed by atoms with Crippen LogP contribution in [0.1, 0.15) is 26.8 Å². The van der Waals surface area contributed by atoms with Crippen LogP contribution in [-0.2, 0) is 6.54 Å². The van der Waals surface area contributed by atoms with E-state index in [-0.39, 0.29) is 11.7 Å². The van der Waals surface area contributed by atoms with E-state index in [1.807, 2.05) is 27.0 Å². The summed E-state index contributed by atoms with van der Waals surface area (Å²) in [6, 6.07) is 0.221. The van der Waals surface area contributed by atoms with E-state index in [1.54, 1.807) is 15.3 Å². The summed E-state index contributed by atoms with van der Waals surface area (Å²) in [5, 5.41) is 0. The van der Waals surface area contributed by atoms with E-state index in [1.165, 1.54) is 0 Å². The predicted octanol–water partition coefficient (Wildman–Crippen LogP) is 1.81. The van der Waals surface area contributed by atoms with Crippen LogP contribution >= 0.6 is 0 Å². The second-order valence-electron chi connectivity index (χ2n) is 3.67. The summed E-state index contributed by atoms with van der Waals surface area (Å²) in [5.74, 6) is 0. The molecule has 1 rings (SSSR count). The van der Waals surface area contributed by atoms with Crippen LogP contribution in [0.25, 0.3) is 0 Å². The topological polar surface area (TPSA) is 26.9 Å². The molecule has 0 saturated carbocycles. The summed E-state index contributed by atoms with van der Waals surface area (Å²) in [4.78, 5) is 11.6. The van der Waals surface area contributed by atoms with Crippen LogP contribution in [0.4, 0.5) is 0 Å². The highest BCUT2D eigenvalue weighted by atomic mass is 16.1. The standard InChI is InChI=1S/C10H16N2O/c1-8(2)7-11-5-6-12(9(3)4)10(11)13/h5-6,9H,1,7H2,2-4H3. The molecule has 0 fully saturated rings. The molecule has 0 amide bonds. The van der Waals surface area contributed by atoms with Crippen molar-refractivity contribution in [3.63, 3.8) is 0 Å². The Hall–Kier alpha value is -1.25. The van der Waals surface area contributed by atoms with Crippen molar-refractivity contribution in [3.05, 3.63) is 35.0 Å². The van der Waals surface area contributed by atoms with Crippen molar-refractivity contribution >= 4 is 0 Å². The number of nitrogens with zero attached hydrogens (tertiary/aromatic N) is 2. The van der Waals surface area contributed by atoms with Crippen molar-refractivity contribution in [2.24, 2.45) is 0 Å². The molecule has 0 unspecified atom stereocenters. The van der Waals surface area contributed by atoms with Gasteiger partial charge in [0.2, 0.25) is 0 Å². The molecule has 0 atom stereocenters. The number of hydrogen-bond donors (Lipinski definition) is 0. The zero-order valence-electron chi connectivity index (χ0n) is 8.45. The van der Waals surface area contributed by atoms with Gasteiger partial charge in [0.1, 0.15) is 0 Å². The first kappa shape index (κ1) is 9.84. The zero-order valence-corrected chi connectivity index (χ0v) is 8.45. The van der Waals surface area contributed by atoms with Gasteiger partial charge in [-0.1, -0.05) is 12.2 Å². The molecule has 72 valence electrons. The van der Waals surface area contributed by atoms with E-state index >= 15 is 0 Å². The Morgan fingerprint density at radius 2 is 2.15 bits per heavy atom. The second kappa shape index (κ2) is 3.64. The van der Waals surface area contributed by atoms with E-state index in [0.717, 1.165) is 5.57 Å². The Kier molecular flexibility index (Phi) is 2.76. The molecular formula is C10H16N2O. The Bertz CT molecular complexity index is 357. The molecule has 3 nitrogen and oxygen atoms in total. The van der Waals surface area contributed by atoms with E-state index in [0.29, 0.717) is 6.54 Å². The Labute approximate surface area is 78.3 Å². The molecule has 3 heteroatoms. The highest BCUT2D eigenvalue weighted by molar-refractivity contribution is 4.93. The number of aromatic nitrogens is 2. The first-order chi connectivity index (χ1) is 6.02. The molecule has 0 aliphatic rings. The maximum absolute atomic E-state index is 11.6. The monoisotopic (exact) mass is 180 g/mol. The summed E-state index contributed by atoms with van der Waals surface area (Å²) in [5.41, 5.74) is 1.03. The predicted molar refractivity (Wildman–Crippen MR) is 53.9 cm³/mol. The summed E-state index contributed by atoms with van der Waals surface area (Å²) in [7, 11) is 0. The average Bonchev–Trinajstić information content (AvgIpc) is 2.32. The highest BCUT2D eigenvalue weighted by Crippen LogP contribution is 2.00. The Balaban J connectivity index is 3.00. The van der Waals surface area contributed by atoms with Crippen LogP contribution in [0.15, 0.2) is 29.3 Å². The normalized spacial score (nSPS) is 10.8.